The van der Waals surface area contributed by atoms with Gasteiger partial charge < -0.3 is 4.74 Å². The molecule has 0 bridgehead atoms. The second-order valence-electron chi connectivity index (χ2n) is 4.53. The Bertz CT molecular complexity index is 328. The van der Waals surface area contributed by atoms with Crippen LogP contribution in [0.5, 0.6) is 0 Å². The van der Waals surface area contributed by atoms with Crippen LogP contribution in [0, 0.1) is 0 Å². The summed E-state index contributed by atoms with van der Waals surface area (Å²) in [5, 5.41) is 0. The van der Waals surface area contributed by atoms with E-state index in [1.165, 1.54) is 11.1 Å². The number of hydrogen-bond donors (Lipinski definition) is 0. The highest BCUT2D eigenvalue weighted by Crippen LogP contribution is 2.39. The Kier molecular flexibility index (Phi) is 2.36. The van der Waals surface area contributed by atoms with E-state index in [-0.39, 0.29) is 5.41 Å². The predicted octanol–water partition coefficient (Wildman–Crippen LogP) is 2.93. The number of ether oxygens (including phenoxy) is 1. The van der Waals surface area contributed by atoms with Crippen molar-refractivity contribution in [2.24, 2.45) is 0 Å². The summed E-state index contributed by atoms with van der Waals surface area (Å²) in [5.74, 6) is 0. The van der Waals surface area contributed by atoms with E-state index in [1.807, 2.05) is 0 Å². The first-order valence-electron chi connectivity index (χ1n) is 5.36. The van der Waals surface area contributed by atoms with E-state index in [0.29, 0.717) is 6.10 Å². The maximum atomic E-state index is 5.80. The fourth-order valence-corrected chi connectivity index (χ4v) is 2.42. The Morgan fingerprint density at radius 3 is 2.71 bits per heavy atom. The predicted molar refractivity (Wildman–Crippen MR) is 58.6 cm³/mol. The Morgan fingerprint density at radius 1 is 1.36 bits per heavy atom. The van der Waals surface area contributed by atoms with Gasteiger partial charge in [-0.05, 0) is 24.5 Å². The van der Waals surface area contributed by atoms with Gasteiger partial charge in [-0.3, -0.25) is 0 Å². The second kappa shape index (κ2) is 3.39. The normalized spacial score (nSPS) is 23.5. The maximum Gasteiger partial charge on any atom is 0.0706 e. The first-order valence-corrected chi connectivity index (χ1v) is 5.36. The fraction of sp³-hybridized carbons (Fsp3) is 0.538. The first kappa shape index (κ1) is 9.72. The Hall–Kier alpha value is -0.820. The summed E-state index contributed by atoms with van der Waals surface area (Å²) in [6.45, 7) is 7.43. The zero-order chi connectivity index (χ0) is 10.2. The van der Waals surface area contributed by atoms with Gasteiger partial charge in [0.2, 0.25) is 0 Å². The van der Waals surface area contributed by atoms with Crippen LogP contribution < -0.4 is 0 Å². The summed E-state index contributed by atoms with van der Waals surface area (Å²) in [7, 11) is 0. The Balaban J connectivity index is 2.35. The SMILES string of the molecule is CCOC1Cc2ccccc2C1(C)C. The van der Waals surface area contributed by atoms with Crippen LogP contribution in [0.2, 0.25) is 0 Å². The minimum atomic E-state index is 0.173. The van der Waals surface area contributed by atoms with Crippen molar-refractivity contribution < 1.29 is 4.74 Å². The van der Waals surface area contributed by atoms with Crippen molar-refractivity contribution >= 4 is 0 Å². The van der Waals surface area contributed by atoms with Gasteiger partial charge in [0.05, 0.1) is 6.10 Å². The summed E-state index contributed by atoms with van der Waals surface area (Å²) in [5.41, 5.74) is 3.08. The van der Waals surface area contributed by atoms with E-state index in [9.17, 15) is 0 Å². The molecule has 14 heavy (non-hydrogen) atoms. The molecule has 1 unspecified atom stereocenters. The van der Waals surface area contributed by atoms with Crippen LogP contribution in [0.4, 0.5) is 0 Å². The van der Waals surface area contributed by atoms with Gasteiger partial charge in [0.25, 0.3) is 0 Å². The number of benzene rings is 1. The lowest BCUT2D eigenvalue weighted by atomic mass is 9.84. The molecule has 76 valence electrons. The lowest BCUT2D eigenvalue weighted by Crippen LogP contribution is -2.31. The van der Waals surface area contributed by atoms with Crippen molar-refractivity contribution in [3.8, 4) is 0 Å². The average molecular weight is 190 g/mol. The molecule has 1 aliphatic rings. The zero-order valence-electron chi connectivity index (χ0n) is 9.21. The van der Waals surface area contributed by atoms with Crippen LogP contribution in [0.15, 0.2) is 24.3 Å². The zero-order valence-corrected chi connectivity index (χ0v) is 9.21. The van der Waals surface area contributed by atoms with Gasteiger partial charge in [0.15, 0.2) is 0 Å². The monoisotopic (exact) mass is 190 g/mol. The smallest absolute Gasteiger partial charge is 0.0706 e. The molecule has 0 spiro atoms. The average Bonchev–Trinajstić information content (AvgIpc) is 2.41. The summed E-state index contributed by atoms with van der Waals surface area (Å²) in [6, 6.07) is 8.68. The largest absolute Gasteiger partial charge is 0.377 e. The minimum Gasteiger partial charge on any atom is -0.377 e. The van der Waals surface area contributed by atoms with Gasteiger partial charge >= 0.3 is 0 Å². The third-order valence-electron chi connectivity index (χ3n) is 3.29. The number of rotatable bonds is 2. The molecule has 0 fully saturated rings. The van der Waals surface area contributed by atoms with Crippen LogP contribution in [-0.2, 0) is 16.6 Å². The molecule has 0 saturated heterocycles. The van der Waals surface area contributed by atoms with Crippen LogP contribution >= 0.6 is 0 Å². The van der Waals surface area contributed by atoms with Crippen molar-refractivity contribution in [1.29, 1.82) is 0 Å². The van der Waals surface area contributed by atoms with Crippen LogP contribution in [0.3, 0.4) is 0 Å². The molecule has 0 radical (unpaired) electrons. The third kappa shape index (κ3) is 1.36. The highest BCUT2D eigenvalue weighted by molar-refractivity contribution is 5.40. The molecule has 1 heteroatoms. The number of fused-ring (bicyclic) bond motifs is 1. The second-order valence-corrected chi connectivity index (χ2v) is 4.53. The van der Waals surface area contributed by atoms with Crippen molar-refractivity contribution in [1.82, 2.24) is 0 Å². The van der Waals surface area contributed by atoms with Crippen LogP contribution in [-0.4, -0.2) is 12.7 Å². The highest BCUT2D eigenvalue weighted by Gasteiger charge is 2.39. The fourth-order valence-electron chi connectivity index (χ4n) is 2.42. The molecule has 0 heterocycles. The molecule has 1 aromatic rings. The number of hydrogen-bond acceptors (Lipinski definition) is 1. The molecule has 0 N–H and O–H groups in total. The highest BCUT2D eigenvalue weighted by atomic mass is 16.5. The molecule has 1 nitrogen and oxygen atoms in total. The topological polar surface area (TPSA) is 9.23 Å². The summed E-state index contributed by atoms with van der Waals surface area (Å²) < 4.78 is 5.80. The quantitative estimate of drug-likeness (QED) is 0.696. The van der Waals surface area contributed by atoms with E-state index in [0.717, 1.165) is 13.0 Å². The van der Waals surface area contributed by atoms with Crippen molar-refractivity contribution in [2.75, 3.05) is 6.61 Å². The molecular formula is C13H18O. The van der Waals surface area contributed by atoms with Crippen LogP contribution in [0.1, 0.15) is 31.9 Å². The Labute approximate surface area is 86.1 Å². The molecular weight excluding hydrogens is 172 g/mol. The summed E-state index contributed by atoms with van der Waals surface area (Å²) >= 11 is 0. The Morgan fingerprint density at radius 2 is 2.07 bits per heavy atom. The van der Waals surface area contributed by atoms with Crippen molar-refractivity contribution in [2.45, 2.75) is 38.7 Å². The lowest BCUT2D eigenvalue weighted by Gasteiger charge is -2.27. The standard InChI is InChI=1S/C13H18O/c1-4-14-12-9-10-7-5-6-8-11(10)13(12,2)3/h5-8,12H,4,9H2,1-3H3. The van der Waals surface area contributed by atoms with Gasteiger partial charge in [-0.25, -0.2) is 0 Å². The maximum absolute atomic E-state index is 5.80. The first-order chi connectivity index (χ1) is 6.66. The van der Waals surface area contributed by atoms with Crippen LogP contribution in [0.25, 0.3) is 0 Å². The molecule has 1 atom stereocenters. The van der Waals surface area contributed by atoms with Crippen molar-refractivity contribution in [3.05, 3.63) is 35.4 Å². The molecule has 1 aliphatic carbocycles. The summed E-state index contributed by atoms with van der Waals surface area (Å²) in [4.78, 5) is 0. The van der Waals surface area contributed by atoms with Gasteiger partial charge in [-0.2, -0.15) is 0 Å². The van der Waals surface area contributed by atoms with Gasteiger partial charge in [-0.1, -0.05) is 38.1 Å². The van der Waals surface area contributed by atoms with E-state index in [1.54, 1.807) is 0 Å². The molecule has 1 aromatic carbocycles. The minimum absolute atomic E-state index is 0.173. The molecule has 0 saturated carbocycles. The van der Waals surface area contributed by atoms with E-state index in [4.69, 9.17) is 4.74 Å². The van der Waals surface area contributed by atoms with E-state index < -0.39 is 0 Å². The van der Waals surface area contributed by atoms with E-state index in [2.05, 4.69) is 45.0 Å². The lowest BCUT2D eigenvalue weighted by molar-refractivity contribution is 0.0251. The van der Waals surface area contributed by atoms with Gasteiger partial charge in [0.1, 0.15) is 0 Å². The summed E-state index contributed by atoms with van der Waals surface area (Å²) in [6.07, 6.45) is 1.42. The van der Waals surface area contributed by atoms with Gasteiger partial charge in [-0.15, -0.1) is 0 Å². The van der Waals surface area contributed by atoms with Gasteiger partial charge in [0, 0.05) is 12.0 Å². The molecule has 0 aromatic heterocycles. The van der Waals surface area contributed by atoms with Crippen molar-refractivity contribution in [3.63, 3.8) is 0 Å². The molecule has 0 amide bonds. The van der Waals surface area contributed by atoms with E-state index >= 15 is 0 Å². The molecule has 0 aliphatic heterocycles. The molecule has 2 rings (SSSR count). The third-order valence-corrected chi connectivity index (χ3v) is 3.29.